The number of para-hydroxylation sites is 1. The van der Waals surface area contributed by atoms with Crippen LogP contribution in [0.5, 0.6) is 0 Å². The van der Waals surface area contributed by atoms with Gasteiger partial charge >= 0.3 is 0 Å². The molecule has 1 saturated heterocycles. The molecule has 2 aromatic carbocycles. The zero-order valence-electron chi connectivity index (χ0n) is 14.3. The normalized spacial score (nSPS) is 18.1. The number of hydrogen-bond donors (Lipinski definition) is 3. The van der Waals surface area contributed by atoms with Crippen molar-refractivity contribution in [1.29, 1.82) is 0 Å². The van der Waals surface area contributed by atoms with Gasteiger partial charge in [0.05, 0.1) is 24.7 Å². The number of carbonyl (C=O) groups excluding carboxylic acids is 2. The molecule has 3 N–H and O–H groups in total. The molecule has 1 aliphatic rings. The van der Waals surface area contributed by atoms with Crippen LogP contribution in [0.15, 0.2) is 48.5 Å². The Labute approximate surface area is 154 Å². The second-order valence-corrected chi connectivity index (χ2v) is 6.38. The highest BCUT2D eigenvalue weighted by atomic mass is 19.3. The molecule has 0 saturated carbocycles. The van der Waals surface area contributed by atoms with Gasteiger partial charge in [-0.05, 0) is 29.8 Å². The van der Waals surface area contributed by atoms with Gasteiger partial charge in [0, 0.05) is 12.1 Å². The number of benzene rings is 2. The topological polar surface area (TPSA) is 70.2 Å². The summed E-state index contributed by atoms with van der Waals surface area (Å²) in [5, 5.41) is 7.54. The molecule has 1 unspecified atom stereocenters. The number of carbonyl (C=O) groups is 2. The van der Waals surface area contributed by atoms with Gasteiger partial charge in [-0.1, -0.05) is 24.3 Å². The van der Waals surface area contributed by atoms with Gasteiger partial charge in [-0.15, -0.1) is 0 Å². The molecule has 0 spiro atoms. The zero-order valence-corrected chi connectivity index (χ0v) is 14.3. The summed E-state index contributed by atoms with van der Waals surface area (Å²) in [5.74, 6) is -4.31. The quantitative estimate of drug-likeness (QED) is 0.750. The van der Waals surface area contributed by atoms with E-state index in [2.05, 4.69) is 16.0 Å². The highest BCUT2D eigenvalue weighted by Crippen LogP contribution is 2.25. The van der Waals surface area contributed by atoms with Gasteiger partial charge < -0.3 is 10.6 Å². The first-order valence-corrected chi connectivity index (χ1v) is 8.38. The van der Waals surface area contributed by atoms with Crippen LogP contribution in [0.4, 0.5) is 24.5 Å². The van der Waals surface area contributed by atoms with Crippen molar-refractivity contribution >= 4 is 23.2 Å². The molecule has 0 radical (unpaired) electrons. The van der Waals surface area contributed by atoms with Crippen LogP contribution in [0.1, 0.15) is 12.0 Å². The largest absolute Gasteiger partial charge is 0.325 e. The molecule has 0 aliphatic carbocycles. The number of rotatable bonds is 5. The third-order valence-corrected chi connectivity index (χ3v) is 4.16. The van der Waals surface area contributed by atoms with E-state index in [9.17, 15) is 22.8 Å². The number of alkyl halides is 2. The Kier molecular flexibility index (Phi) is 5.46. The Morgan fingerprint density at radius 1 is 1.07 bits per heavy atom. The average molecular weight is 377 g/mol. The van der Waals surface area contributed by atoms with E-state index in [-0.39, 0.29) is 18.0 Å². The van der Waals surface area contributed by atoms with E-state index in [4.69, 9.17) is 0 Å². The second-order valence-electron chi connectivity index (χ2n) is 6.38. The van der Waals surface area contributed by atoms with E-state index in [1.807, 2.05) is 0 Å². The average Bonchev–Trinajstić information content (AvgIpc) is 2.99. The van der Waals surface area contributed by atoms with Crippen molar-refractivity contribution in [2.75, 3.05) is 17.2 Å². The van der Waals surface area contributed by atoms with E-state index < -0.39 is 36.7 Å². The molecule has 2 aromatic rings. The van der Waals surface area contributed by atoms with Crippen LogP contribution in [0.3, 0.4) is 0 Å². The number of hydrogen-bond acceptors (Lipinski definition) is 3. The molecule has 1 fully saturated rings. The maximum Gasteiger partial charge on any atom is 0.262 e. The zero-order chi connectivity index (χ0) is 19.4. The molecule has 1 heterocycles. The molecule has 5 nitrogen and oxygen atoms in total. The summed E-state index contributed by atoms with van der Waals surface area (Å²) < 4.78 is 39.8. The first-order chi connectivity index (χ1) is 12.8. The predicted octanol–water partition coefficient (Wildman–Crippen LogP) is 2.94. The molecule has 0 bridgehead atoms. The number of amides is 2. The summed E-state index contributed by atoms with van der Waals surface area (Å²) in [6.45, 7) is -0.513. The second kappa shape index (κ2) is 7.79. The summed E-state index contributed by atoms with van der Waals surface area (Å²) in [6, 6.07) is 11.3. The van der Waals surface area contributed by atoms with Crippen molar-refractivity contribution in [2.24, 2.45) is 0 Å². The summed E-state index contributed by atoms with van der Waals surface area (Å²) in [4.78, 5) is 24.0. The molecule has 3 rings (SSSR count). The Balaban J connectivity index is 1.53. The van der Waals surface area contributed by atoms with Crippen molar-refractivity contribution in [3.8, 4) is 0 Å². The first-order valence-electron chi connectivity index (χ1n) is 8.38. The maximum absolute atomic E-state index is 13.5. The molecule has 8 heteroatoms. The number of halogens is 3. The highest BCUT2D eigenvalue weighted by Gasteiger charge is 2.42. The lowest BCUT2D eigenvalue weighted by molar-refractivity contribution is -0.118. The molecule has 1 aliphatic heterocycles. The van der Waals surface area contributed by atoms with Gasteiger partial charge in [0.25, 0.3) is 5.92 Å². The Hall–Kier alpha value is -2.87. The first kappa shape index (κ1) is 18.9. The molecular formula is C19H18F3N3O2. The van der Waals surface area contributed by atoms with Crippen LogP contribution in [-0.2, 0) is 16.0 Å². The predicted molar refractivity (Wildman–Crippen MR) is 95.2 cm³/mol. The number of anilines is 2. The lowest BCUT2D eigenvalue weighted by Gasteiger charge is -2.12. The summed E-state index contributed by atoms with van der Waals surface area (Å²) in [5.41, 5.74) is 1.20. The molecular weight excluding hydrogens is 359 g/mol. The summed E-state index contributed by atoms with van der Waals surface area (Å²) in [7, 11) is 0. The van der Waals surface area contributed by atoms with Crippen LogP contribution in [0.2, 0.25) is 0 Å². The minimum Gasteiger partial charge on any atom is -0.325 e. The third kappa shape index (κ3) is 5.07. The van der Waals surface area contributed by atoms with Crippen molar-refractivity contribution in [3.05, 3.63) is 59.9 Å². The van der Waals surface area contributed by atoms with E-state index in [0.717, 1.165) is 0 Å². The fourth-order valence-corrected chi connectivity index (χ4v) is 2.78. The van der Waals surface area contributed by atoms with Gasteiger partial charge in [0.2, 0.25) is 11.8 Å². The van der Waals surface area contributed by atoms with Crippen LogP contribution in [-0.4, -0.2) is 30.3 Å². The van der Waals surface area contributed by atoms with E-state index >= 15 is 0 Å². The molecule has 1 atom stereocenters. The van der Waals surface area contributed by atoms with Crippen molar-refractivity contribution < 1.29 is 22.8 Å². The fourth-order valence-electron chi connectivity index (χ4n) is 2.78. The summed E-state index contributed by atoms with van der Waals surface area (Å²) in [6.07, 6.45) is -0.508. The summed E-state index contributed by atoms with van der Waals surface area (Å²) >= 11 is 0. The Bertz CT molecular complexity index is 840. The third-order valence-electron chi connectivity index (χ3n) is 4.16. The van der Waals surface area contributed by atoms with Crippen LogP contribution < -0.4 is 16.0 Å². The smallest absolute Gasteiger partial charge is 0.262 e. The van der Waals surface area contributed by atoms with Gasteiger partial charge in [-0.25, -0.2) is 13.2 Å². The lowest BCUT2D eigenvalue weighted by Crippen LogP contribution is -2.35. The molecule has 142 valence electrons. The SMILES string of the molecule is O=C(Cc1ccc(NC(=O)C2CC(F)(F)CN2)cc1)Nc1ccccc1F. The number of nitrogens with one attached hydrogen (secondary N) is 3. The van der Waals surface area contributed by atoms with E-state index in [1.165, 1.54) is 18.2 Å². The maximum atomic E-state index is 13.5. The van der Waals surface area contributed by atoms with Gasteiger partial charge in [-0.3, -0.25) is 14.9 Å². The van der Waals surface area contributed by atoms with Crippen LogP contribution in [0.25, 0.3) is 0 Å². The van der Waals surface area contributed by atoms with E-state index in [0.29, 0.717) is 11.3 Å². The monoisotopic (exact) mass is 377 g/mol. The Morgan fingerprint density at radius 2 is 1.78 bits per heavy atom. The van der Waals surface area contributed by atoms with Gasteiger partial charge in [-0.2, -0.15) is 0 Å². The molecule has 27 heavy (non-hydrogen) atoms. The minimum absolute atomic E-state index is 0.0267. The molecule has 2 amide bonds. The minimum atomic E-state index is -2.88. The van der Waals surface area contributed by atoms with Crippen molar-refractivity contribution in [1.82, 2.24) is 5.32 Å². The van der Waals surface area contributed by atoms with Gasteiger partial charge in [0.15, 0.2) is 0 Å². The van der Waals surface area contributed by atoms with Crippen molar-refractivity contribution in [2.45, 2.75) is 24.8 Å². The van der Waals surface area contributed by atoms with E-state index in [1.54, 1.807) is 30.3 Å². The van der Waals surface area contributed by atoms with Crippen LogP contribution in [0, 0.1) is 5.82 Å². The molecule has 0 aromatic heterocycles. The standard InChI is InChI=1S/C19H18F3N3O2/c20-14-3-1-2-4-15(14)25-17(26)9-12-5-7-13(8-6-12)24-18(27)16-10-19(21,22)11-23-16/h1-8,16,23H,9-11H2,(H,24,27)(H,25,26). The Morgan fingerprint density at radius 3 is 2.41 bits per heavy atom. The fraction of sp³-hybridized carbons (Fsp3) is 0.263. The van der Waals surface area contributed by atoms with Gasteiger partial charge in [0.1, 0.15) is 5.82 Å². The highest BCUT2D eigenvalue weighted by molar-refractivity contribution is 5.95. The van der Waals surface area contributed by atoms with Crippen molar-refractivity contribution in [3.63, 3.8) is 0 Å². The lowest BCUT2D eigenvalue weighted by atomic mass is 10.1. The van der Waals surface area contributed by atoms with Crippen LogP contribution >= 0.6 is 0 Å².